The summed E-state index contributed by atoms with van der Waals surface area (Å²) in [5.41, 5.74) is 4.07. The highest BCUT2D eigenvalue weighted by Gasteiger charge is 1.97. The Bertz CT molecular complexity index is 521. The highest BCUT2D eigenvalue weighted by Crippen LogP contribution is 2.12. The average Bonchev–Trinajstić information content (AvgIpc) is 2.36. The lowest BCUT2D eigenvalue weighted by Gasteiger charge is -2.07. The largest absolute Gasteiger partial charge is 0.370 e. The summed E-state index contributed by atoms with van der Waals surface area (Å²) in [6.45, 7) is 5.20. The molecule has 2 nitrogen and oxygen atoms in total. The summed E-state index contributed by atoms with van der Waals surface area (Å²) in [5, 5.41) is 3.32. The van der Waals surface area contributed by atoms with E-state index < -0.39 is 0 Å². The lowest BCUT2D eigenvalue weighted by molar-refractivity contribution is 1.00. The number of pyridine rings is 1. The molecule has 94 valence electrons. The molecule has 0 aliphatic heterocycles. The van der Waals surface area contributed by atoms with Crippen molar-refractivity contribution in [2.75, 3.05) is 11.9 Å². The Morgan fingerprint density at radius 3 is 2.61 bits per heavy atom. The molecule has 2 aromatic rings. The van der Waals surface area contributed by atoms with Gasteiger partial charge in [-0.1, -0.05) is 18.2 Å². The average molecular weight is 305 g/mol. The Labute approximate surface area is 117 Å². The van der Waals surface area contributed by atoms with Gasteiger partial charge in [0.1, 0.15) is 5.82 Å². The molecule has 1 aromatic heterocycles. The van der Waals surface area contributed by atoms with Gasteiger partial charge in [0.25, 0.3) is 0 Å². The van der Waals surface area contributed by atoms with Gasteiger partial charge in [0, 0.05) is 17.2 Å². The van der Waals surface area contributed by atoms with Crippen LogP contribution in [-0.4, -0.2) is 11.5 Å². The molecule has 0 saturated carbocycles. The van der Waals surface area contributed by atoms with E-state index in [-0.39, 0.29) is 0 Å². The minimum Gasteiger partial charge on any atom is -0.370 e. The van der Waals surface area contributed by atoms with Gasteiger partial charge < -0.3 is 5.32 Å². The molecule has 2 rings (SSSR count). The minimum atomic E-state index is 0.900. The van der Waals surface area contributed by atoms with Crippen LogP contribution in [0.15, 0.2) is 41.0 Å². The Morgan fingerprint density at radius 2 is 1.94 bits per heavy atom. The molecule has 0 unspecified atom stereocenters. The molecule has 0 saturated heterocycles. The number of benzene rings is 1. The van der Waals surface area contributed by atoms with Gasteiger partial charge in [-0.05, 0) is 65.0 Å². The second kappa shape index (κ2) is 6.01. The van der Waals surface area contributed by atoms with Crippen molar-refractivity contribution in [3.8, 4) is 0 Å². The topological polar surface area (TPSA) is 24.9 Å². The number of aryl methyl sites for hydroxylation is 2. The fraction of sp³-hybridized carbons (Fsp3) is 0.267. The van der Waals surface area contributed by atoms with E-state index in [2.05, 4.69) is 58.3 Å². The van der Waals surface area contributed by atoms with Gasteiger partial charge in [0.15, 0.2) is 0 Å². The fourth-order valence-corrected chi connectivity index (χ4v) is 2.01. The predicted octanol–water partition coefficient (Wildman–Crippen LogP) is 4.12. The Hall–Kier alpha value is -1.35. The van der Waals surface area contributed by atoms with Crippen molar-refractivity contribution in [1.29, 1.82) is 0 Å². The van der Waals surface area contributed by atoms with E-state index in [9.17, 15) is 0 Å². The van der Waals surface area contributed by atoms with Crippen molar-refractivity contribution >= 4 is 21.7 Å². The molecule has 0 fully saturated rings. The number of aromatic nitrogens is 1. The van der Waals surface area contributed by atoms with Crippen molar-refractivity contribution in [2.45, 2.75) is 20.3 Å². The van der Waals surface area contributed by atoms with Gasteiger partial charge in [-0.25, -0.2) is 4.98 Å². The van der Waals surface area contributed by atoms with Crippen molar-refractivity contribution in [1.82, 2.24) is 4.98 Å². The van der Waals surface area contributed by atoms with E-state index >= 15 is 0 Å². The summed E-state index contributed by atoms with van der Waals surface area (Å²) in [6, 6.07) is 10.6. The van der Waals surface area contributed by atoms with Gasteiger partial charge in [0.05, 0.1) is 0 Å². The van der Waals surface area contributed by atoms with Crippen LogP contribution in [0, 0.1) is 13.8 Å². The molecule has 1 aromatic carbocycles. The monoisotopic (exact) mass is 304 g/mol. The minimum absolute atomic E-state index is 0.900. The third kappa shape index (κ3) is 3.57. The molecule has 0 aliphatic carbocycles. The van der Waals surface area contributed by atoms with Crippen LogP contribution in [-0.2, 0) is 6.42 Å². The van der Waals surface area contributed by atoms with E-state index in [4.69, 9.17) is 0 Å². The number of anilines is 1. The Balaban J connectivity index is 1.88. The van der Waals surface area contributed by atoms with Crippen molar-refractivity contribution in [3.63, 3.8) is 0 Å². The van der Waals surface area contributed by atoms with E-state index in [0.717, 1.165) is 23.3 Å². The van der Waals surface area contributed by atoms with Crippen LogP contribution in [0.3, 0.4) is 0 Å². The number of halogens is 1. The molecule has 0 atom stereocenters. The van der Waals surface area contributed by atoms with Crippen LogP contribution in [0.5, 0.6) is 0 Å². The van der Waals surface area contributed by atoms with E-state index in [1.807, 2.05) is 12.1 Å². The number of nitrogens with zero attached hydrogens (tertiary/aromatic N) is 1. The van der Waals surface area contributed by atoms with Crippen molar-refractivity contribution in [3.05, 3.63) is 57.7 Å². The van der Waals surface area contributed by atoms with Gasteiger partial charge in [-0.3, -0.25) is 0 Å². The van der Waals surface area contributed by atoms with Crippen LogP contribution < -0.4 is 5.32 Å². The first-order valence-corrected chi connectivity index (χ1v) is 6.86. The molecule has 0 bridgehead atoms. The summed E-state index contributed by atoms with van der Waals surface area (Å²) in [4.78, 5) is 4.28. The predicted molar refractivity (Wildman–Crippen MR) is 80.0 cm³/mol. The van der Waals surface area contributed by atoms with Crippen molar-refractivity contribution in [2.24, 2.45) is 0 Å². The normalized spacial score (nSPS) is 10.4. The zero-order valence-electron chi connectivity index (χ0n) is 10.7. The highest BCUT2D eigenvalue weighted by atomic mass is 79.9. The van der Waals surface area contributed by atoms with Crippen LogP contribution in [0.1, 0.15) is 16.7 Å². The number of hydrogen-bond donors (Lipinski definition) is 1. The zero-order chi connectivity index (χ0) is 13.0. The molecule has 0 amide bonds. The van der Waals surface area contributed by atoms with Crippen molar-refractivity contribution < 1.29 is 0 Å². The van der Waals surface area contributed by atoms with Gasteiger partial charge in [-0.2, -0.15) is 0 Å². The third-order valence-corrected chi connectivity index (χ3v) is 3.49. The van der Waals surface area contributed by atoms with Gasteiger partial charge >= 0.3 is 0 Å². The second-order valence-electron chi connectivity index (χ2n) is 4.46. The van der Waals surface area contributed by atoms with E-state index in [1.165, 1.54) is 16.7 Å². The van der Waals surface area contributed by atoms with Gasteiger partial charge in [-0.15, -0.1) is 0 Å². The summed E-state index contributed by atoms with van der Waals surface area (Å²) >= 11 is 3.37. The Morgan fingerprint density at radius 1 is 1.11 bits per heavy atom. The van der Waals surface area contributed by atoms with Crippen LogP contribution >= 0.6 is 15.9 Å². The second-order valence-corrected chi connectivity index (χ2v) is 5.37. The molecule has 1 heterocycles. The maximum Gasteiger partial charge on any atom is 0.125 e. The van der Waals surface area contributed by atoms with Crippen LogP contribution in [0.2, 0.25) is 0 Å². The molecular formula is C15H17BrN2. The summed E-state index contributed by atoms with van der Waals surface area (Å²) in [5.74, 6) is 0.919. The third-order valence-electron chi connectivity index (χ3n) is 3.02. The molecule has 1 N–H and O–H groups in total. The summed E-state index contributed by atoms with van der Waals surface area (Å²) < 4.78 is 1.00. The number of rotatable bonds is 4. The first kappa shape index (κ1) is 13.1. The standard InChI is InChI=1S/C15H17BrN2/c1-11-3-4-13(9-12(11)2)7-8-17-15-6-5-14(16)10-18-15/h3-6,9-10H,7-8H2,1-2H3,(H,17,18). The van der Waals surface area contributed by atoms with E-state index in [0.29, 0.717) is 0 Å². The summed E-state index contributed by atoms with van der Waals surface area (Å²) in [7, 11) is 0. The van der Waals surface area contributed by atoms with E-state index in [1.54, 1.807) is 6.20 Å². The molecule has 0 radical (unpaired) electrons. The molecule has 18 heavy (non-hydrogen) atoms. The molecule has 0 spiro atoms. The molecule has 0 aliphatic rings. The maximum atomic E-state index is 4.28. The lowest BCUT2D eigenvalue weighted by Crippen LogP contribution is -2.06. The van der Waals surface area contributed by atoms with Crippen LogP contribution in [0.4, 0.5) is 5.82 Å². The summed E-state index contributed by atoms with van der Waals surface area (Å²) in [6.07, 6.45) is 2.82. The number of hydrogen-bond acceptors (Lipinski definition) is 2. The Kier molecular flexibility index (Phi) is 4.37. The first-order chi connectivity index (χ1) is 8.65. The van der Waals surface area contributed by atoms with Gasteiger partial charge in [0.2, 0.25) is 0 Å². The quantitative estimate of drug-likeness (QED) is 0.919. The molecule has 3 heteroatoms. The fourth-order valence-electron chi connectivity index (χ4n) is 1.77. The first-order valence-electron chi connectivity index (χ1n) is 6.07. The lowest BCUT2D eigenvalue weighted by atomic mass is 10.0. The smallest absolute Gasteiger partial charge is 0.125 e. The highest BCUT2D eigenvalue weighted by molar-refractivity contribution is 9.10. The maximum absolute atomic E-state index is 4.28. The molecular weight excluding hydrogens is 288 g/mol. The number of nitrogens with one attached hydrogen (secondary N) is 1. The zero-order valence-corrected chi connectivity index (χ0v) is 12.3. The SMILES string of the molecule is Cc1ccc(CCNc2ccc(Br)cn2)cc1C. The van der Waals surface area contributed by atoms with Crippen LogP contribution in [0.25, 0.3) is 0 Å².